The predicted molar refractivity (Wildman–Crippen MR) is 65.7 cm³/mol. The molecule has 1 aromatic carbocycles. The number of aryl methyl sites for hydroxylation is 1. The number of rotatable bonds is 3. The van der Waals surface area contributed by atoms with E-state index in [1.807, 2.05) is 0 Å². The van der Waals surface area contributed by atoms with Crippen molar-refractivity contribution in [1.82, 2.24) is 9.97 Å². The zero-order valence-corrected chi connectivity index (χ0v) is 10.3. The van der Waals surface area contributed by atoms with Gasteiger partial charge in [-0.2, -0.15) is 4.98 Å². The van der Waals surface area contributed by atoms with Crippen LogP contribution in [0.15, 0.2) is 24.3 Å². The number of halogens is 1. The molecule has 0 spiro atoms. The summed E-state index contributed by atoms with van der Waals surface area (Å²) >= 11 is 0. The minimum atomic E-state index is -1.25. The van der Waals surface area contributed by atoms with Crippen molar-refractivity contribution in [3.05, 3.63) is 41.5 Å². The second-order valence-electron chi connectivity index (χ2n) is 3.89. The van der Waals surface area contributed by atoms with Crippen LogP contribution < -0.4 is 4.74 Å². The van der Waals surface area contributed by atoms with Crippen molar-refractivity contribution >= 4 is 5.97 Å². The topological polar surface area (TPSA) is 72.3 Å². The maximum atomic E-state index is 13.2. The summed E-state index contributed by atoms with van der Waals surface area (Å²) in [5.41, 5.74) is 1.42. The molecule has 2 aromatic rings. The lowest BCUT2D eigenvalue weighted by molar-refractivity contribution is 0.0682. The van der Waals surface area contributed by atoms with Gasteiger partial charge in [0, 0.05) is 11.6 Å². The first-order valence-electron chi connectivity index (χ1n) is 5.44. The molecule has 0 radical (unpaired) electrons. The number of carboxylic acids is 1. The molecule has 19 heavy (non-hydrogen) atoms. The molecular weight excluding hydrogens is 251 g/mol. The van der Waals surface area contributed by atoms with Crippen molar-refractivity contribution in [2.75, 3.05) is 7.11 Å². The number of nitrogens with zero attached hydrogens (tertiary/aromatic N) is 2. The van der Waals surface area contributed by atoms with Crippen LogP contribution in [0.5, 0.6) is 5.88 Å². The maximum Gasteiger partial charge on any atom is 0.374 e. The molecule has 0 aliphatic rings. The Kier molecular flexibility index (Phi) is 3.41. The molecule has 98 valence electrons. The van der Waals surface area contributed by atoms with Crippen molar-refractivity contribution < 1.29 is 19.0 Å². The Balaban J connectivity index is 2.57. The molecule has 1 N–H and O–H groups in total. The third kappa shape index (κ3) is 2.67. The van der Waals surface area contributed by atoms with E-state index in [1.54, 1.807) is 13.0 Å². The lowest BCUT2D eigenvalue weighted by Crippen LogP contribution is -2.06. The van der Waals surface area contributed by atoms with Gasteiger partial charge in [-0.15, -0.1) is 0 Å². The van der Waals surface area contributed by atoms with Crippen LogP contribution in [0.3, 0.4) is 0 Å². The van der Waals surface area contributed by atoms with E-state index in [9.17, 15) is 9.18 Å². The van der Waals surface area contributed by atoms with E-state index in [4.69, 9.17) is 9.84 Å². The molecule has 6 heteroatoms. The van der Waals surface area contributed by atoms with E-state index in [1.165, 1.54) is 25.3 Å². The molecule has 0 bridgehead atoms. The second kappa shape index (κ2) is 5.01. The lowest BCUT2D eigenvalue weighted by atomic mass is 10.1. The first-order chi connectivity index (χ1) is 9.01. The average molecular weight is 262 g/mol. The summed E-state index contributed by atoms with van der Waals surface area (Å²) in [5.74, 6) is -1.80. The minimum absolute atomic E-state index is 0.143. The molecule has 1 aromatic heterocycles. The van der Waals surface area contributed by atoms with Gasteiger partial charge in [-0.05, 0) is 30.7 Å². The summed E-state index contributed by atoms with van der Waals surface area (Å²) in [7, 11) is 1.38. The van der Waals surface area contributed by atoms with Gasteiger partial charge in [-0.3, -0.25) is 0 Å². The summed E-state index contributed by atoms with van der Waals surface area (Å²) in [6.45, 7) is 1.62. The second-order valence-corrected chi connectivity index (χ2v) is 3.89. The molecule has 0 saturated carbocycles. The fourth-order valence-electron chi connectivity index (χ4n) is 1.58. The van der Waals surface area contributed by atoms with Crippen LogP contribution in [-0.2, 0) is 0 Å². The third-order valence-corrected chi connectivity index (χ3v) is 2.56. The summed E-state index contributed by atoms with van der Waals surface area (Å²) < 4.78 is 18.1. The number of aromatic nitrogens is 2. The molecule has 0 aliphatic heterocycles. The van der Waals surface area contributed by atoms with E-state index in [0.29, 0.717) is 16.8 Å². The van der Waals surface area contributed by atoms with Crippen LogP contribution in [0.25, 0.3) is 11.3 Å². The predicted octanol–water partition coefficient (Wildman–Crippen LogP) is 2.30. The fraction of sp³-hybridized carbons (Fsp3) is 0.154. The average Bonchev–Trinajstić information content (AvgIpc) is 2.41. The summed E-state index contributed by atoms with van der Waals surface area (Å²) in [5, 5.41) is 8.93. The zero-order valence-electron chi connectivity index (χ0n) is 10.3. The van der Waals surface area contributed by atoms with Gasteiger partial charge in [0.2, 0.25) is 11.7 Å². The molecule has 2 rings (SSSR count). The van der Waals surface area contributed by atoms with E-state index < -0.39 is 5.97 Å². The fourth-order valence-corrected chi connectivity index (χ4v) is 1.58. The van der Waals surface area contributed by atoms with E-state index in [0.717, 1.165) is 0 Å². The molecule has 0 amide bonds. The maximum absolute atomic E-state index is 13.2. The smallest absolute Gasteiger partial charge is 0.374 e. The lowest BCUT2D eigenvalue weighted by Gasteiger charge is -2.06. The third-order valence-electron chi connectivity index (χ3n) is 2.56. The monoisotopic (exact) mass is 262 g/mol. The van der Waals surface area contributed by atoms with Crippen molar-refractivity contribution in [3.63, 3.8) is 0 Å². The van der Waals surface area contributed by atoms with Gasteiger partial charge in [-0.25, -0.2) is 14.2 Å². The highest BCUT2D eigenvalue weighted by molar-refractivity contribution is 5.84. The SMILES string of the molecule is COc1cc(-c2ccc(F)c(C)c2)nc(C(=O)O)n1. The van der Waals surface area contributed by atoms with Gasteiger partial charge in [0.05, 0.1) is 12.8 Å². The number of ether oxygens (including phenoxy) is 1. The molecule has 1 heterocycles. The van der Waals surface area contributed by atoms with Gasteiger partial charge in [0.25, 0.3) is 0 Å². The largest absolute Gasteiger partial charge is 0.481 e. The van der Waals surface area contributed by atoms with E-state index in [2.05, 4.69) is 9.97 Å². The number of hydrogen-bond donors (Lipinski definition) is 1. The van der Waals surface area contributed by atoms with Crippen molar-refractivity contribution in [1.29, 1.82) is 0 Å². The molecule has 0 atom stereocenters. The Hall–Kier alpha value is -2.50. The molecule has 0 aliphatic carbocycles. The van der Waals surface area contributed by atoms with Crippen molar-refractivity contribution in [2.45, 2.75) is 6.92 Å². The molecule has 0 fully saturated rings. The van der Waals surface area contributed by atoms with E-state index in [-0.39, 0.29) is 17.5 Å². The molecule has 5 nitrogen and oxygen atoms in total. The van der Waals surface area contributed by atoms with Gasteiger partial charge in [0.1, 0.15) is 5.82 Å². The van der Waals surface area contributed by atoms with Crippen LogP contribution in [0, 0.1) is 12.7 Å². The Morgan fingerprint density at radius 3 is 2.63 bits per heavy atom. The number of methoxy groups -OCH3 is 1. The normalized spacial score (nSPS) is 10.3. The Morgan fingerprint density at radius 1 is 1.32 bits per heavy atom. The minimum Gasteiger partial charge on any atom is -0.481 e. The Morgan fingerprint density at radius 2 is 2.05 bits per heavy atom. The van der Waals surface area contributed by atoms with E-state index >= 15 is 0 Å². The van der Waals surface area contributed by atoms with Crippen molar-refractivity contribution in [2.24, 2.45) is 0 Å². The number of carbonyl (C=O) groups is 1. The molecule has 0 saturated heterocycles. The molecular formula is C13H11FN2O3. The van der Waals surface area contributed by atoms with Crippen LogP contribution >= 0.6 is 0 Å². The summed E-state index contributed by atoms with van der Waals surface area (Å²) in [6.07, 6.45) is 0. The van der Waals surface area contributed by atoms with Crippen LogP contribution in [0.4, 0.5) is 4.39 Å². The highest BCUT2D eigenvalue weighted by atomic mass is 19.1. The number of hydrogen-bond acceptors (Lipinski definition) is 4. The first-order valence-corrected chi connectivity index (χ1v) is 5.44. The van der Waals surface area contributed by atoms with Gasteiger partial charge in [-0.1, -0.05) is 0 Å². The highest BCUT2D eigenvalue weighted by Gasteiger charge is 2.13. The highest BCUT2D eigenvalue weighted by Crippen LogP contribution is 2.23. The first kappa shape index (κ1) is 12.9. The zero-order chi connectivity index (χ0) is 14.0. The van der Waals surface area contributed by atoms with Gasteiger partial charge >= 0.3 is 5.97 Å². The molecule has 0 unspecified atom stereocenters. The van der Waals surface area contributed by atoms with Crippen LogP contribution in [0.1, 0.15) is 16.2 Å². The summed E-state index contributed by atoms with van der Waals surface area (Å²) in [6, 6.07) is 5.91. The van der Waals surface area contributed by atoms with Gasteiger partial charge in [0.15, 0.2) is 0 Å². The van der Waals surface area contributed by atoms with Gasteiger partial charge < -0.3 is 9.84 Å². The van der Waals surface area contributed by atoms with Crippen LogP contribution in [0.2, 0.25) is 0 Å². The summed E-state index contributed by atoms with van der Waals surface area (Å²) in [4.78, 5) is 18.6. The number of benzene rings is 1. The Bertz CT molecular complexity index is 644. The Labute approximate surface area is 108 Å². The van der Waals surface area contributed by atoms with Crippen LogP contribution in [-0.4, -0.2) is 28.2 Å². The number of aromatic carboxylic acids is 1. The number of carboxylic acid groups (broad SMARTS) is 1. The standard InChI is InChI=1S/C13H11FN2O3/c1-7-5-8(3-4-9(7)14)10-6-11(19-2)16-12(15-10)13(17)18/h3-6H,1-2H3,(H,17,18). The van der Waals surface area contributed by atoms with Crippen molar-refractivity contribution in [3.8, 4) is 17.1 Å². The quantitative estimate of drug-likeness (QED) is 0.918.